The molecule has 0 saturated heterocycles. The molecule has 1 atom stereocenters. The zero-order valence-corrected chi connectivity index (χ0v) is 16.1. The smallest absolute Gasteiger partial charge is 0.276 e. The highest BCUT2D eigenvalue weighted by Crippen LogP contribution is 2.63. The van der Waals surface area contributed by atoms with Crippen molar-refractivity contribution in [2.24, 2.45) is 0 Å². The van der Waals surface area contributed by atoms with Gasteiger partial charge in [-0.3, -0.25) is 4.57 Å². The Balaban J connectivity index is 2.45. The van der Waals surface area contributed by atoms with Crippen LogP contribution in [0.1, 0.15) is 19.8 Å². The molecule has 23 heavy (non-hydrogen) atoms. The van der Waals surface area contributed by atoms with Crippen LogP contribution >= 0.6 is 29.6 Å². The highest BCUT2D eigenvalue weighted by molar-refractivity contribution is 8.57. The van der Waals surface area contributed by atoms with Crippen LogP contribution in [0.2, 0.25) is 5.02 Å². The maximum atomic E-state index is 13.4. The van der Waals surface area contributed by atoms with Gasteiger partial charge in [0.1, 0.15) is 0 Å². The minimum absolute atomic E-state index is 0.103. The molecule has 1 N–H and O–H groups in total. The summed E-state index contributed by atoms with van der Waals surface area (Å²) in [6.45, 7) is 2.40. The second kappa shape index (κ2) is 7.72. The number of hydrogen-bond acceptors (Lipinski definition) is 4. The summed E-state index contributed by atoms with van der Waals surface area (Å²) in [5.74, 6) is 0.542. The molecule has 1 saturated carbocycles. The molecule has 1 aromatic carbocycles. The summed E-state index contributed by atoms with van der Waals surface area (Å²) in [5, 5.41) is 3.33. The SMILES string of the molecule is C=CCNP(=O)(SCC)N(C1CC1)S(=O)(=O)c1ccc(Cl)cc1. The van der Waals surface area contributed by atoms with E-state index < -0.39 is 16.7 Å². The van der Waals surface area contributed by atoms with E-state index in [-0.39, 0.29) is 17.5 Å². The Hall–Kier alpha value is -0.300. The van der Waals surface area contributed by atoms with Crippen LogP contribution in [0.15, 0.2) is 41.8 Å². The lowest BCUT2D eigenvalue weighted by Gasteiger charge is -2.30. The number of rotatable bonds is 9. The summed E-state index contributed by atoms with van der Waals surface area (Å²) < 4.78 is 40.6. The van der Waals surface area contributed by atoms with Crippen LogP contribution < -0.4 is 5.09 Å². The zero-order chi connectivity index (χ0) is 17.1. The monoisotopic (exact) mass is 394 g/mol. The second-order valence-corrected chi connectivity index (χ2v) is 12.5. The highest BCUT2D eigenvalue weighted by Gasteiger charge is 2.49. The number of benzene rings is 1. The number of nitrogens with zero attached hydrogens (tertiary/aromatic N) is 1. The van der Waals surface area contributed by atoms with Crippen LogP contribution in [-0.2, 0) is 14.6 Å². The summed E-state index contributed by atoms with van der Waals surface area (Å²) in [4.78, 5) is 0.103. The molecule has 128 valence electrons. The minimum Gasteiger partial charge on any atom is -0.276 e. The quantitative estimate of drug-likeness (QED) is 0.504. The predicted molar refractivity (Wildman–Crippen MR) is 97.4 cm³/mol. The Morgan fingerprint density at radius 3 is 2.52 bits per heavy atom. The van der Waals surface area contributed by atoms with E-state index in [0.29, 0.717) is 10.8 Å². The lowest BCUT2D eigenvalue weighted by atomic mass is 10.4. The first kappa shape index (κ1) is 19.0. The van der Waals surface area contributed by atoms with Gasteiger partial charge < -0.3 is 0 Å². The van der Waals surface area contributed by atoms with Crippen LogP contribution in [0.25, 0.3) is 0 Å². The normalized spacial score (nSPS) is 17.9. The lowest BCUT2D eigenvalue weighted by Crippen LogP contribution is -2.34. The Bertz CT molecular complexity index is 705. The van der Waals surface area contributed by atoms with Crippen LogP contribution in [0.4, 0.5) is 0 Å². The average Bonchev–Trinajstić information content (AvgIpc) is 3.30. The number of halogens is 1. The predicted octanol–water partition coefficient (Wildman–Crippen LogP) is 4.13. The molecule has 1 aliphatic carbocycles. The number of hydrogen-bond donors (Lipinski definition) is 1. The van der Waals surface area contributed by atoms with E-state index in [1.165, 1.54) is 28.3 Å². The number of sulfonamides is 1. The van der Waals surface area contributed by atoms with Crippen molar-refractivity contribution >= 4 is 39.7 Å². The molecule has 5 nitrogen and oxygen atoms in total. The molecule has 0 heterocycles. The molecule has 0 spiro atoms. The Kier molecular flexibility index (Phi) is 6.39. The largest absolute Gasteiger partial charge is 0.283 e. The molecule has 0 aromatic heterocycles. The van der Waals surface area contributed by atoms with Crippen molar-refractivity contribution < 1.29 is 13.0 Å². The Morgan fingerprint density at radius 1 is 1.43 bits per heavy atom. The van der Waals surface area contributed by atoms with Gasteiger partial charge in [-0.25, -0.2) is 13.5 Å². The van der Waals surface area contributed by atoms with Gasteiger partial charge in [-0.15, -0.1) is 10.7 Å². The van der Waals surface area contributed by atoms with Crippen LogP contribution in [0.5, 0.6) is 0 Å². The van der Waals surface area contributed by atoms with Gasteiger partial charge >= 0.3 is 0 Å². The zero-order valence-electron chi connectivity index (χ0n) is 12.8. The number of nitrogens with one attached hydrogen (secondary N) is 1. The summed E-state index contributed by atoms with van der Waals surface area (Å²) in [7, 11) is -3.87. The van der Waals surface area contributed by atoms with E-state index in [0.717, 1.165) is 24.2 Å². The molecule has 2 rings (SSSR count). The molecule has 0 amide bonds. The fourth-order valence-electron chi connectivity index (χ4n) is 2.09. The molecular weight excluding hydrogens is 375 g/mol. The molecule has 0 bridgehead atoms. The summed E-state index contributed by atoms with van der Waals surface area (Å²) in [5.41, 5.74) is 0. The van der Waals surface area contributed by atoms with E-state index in [4.69, 9.17) is 11.6 Å². The van der Waals surface area contributed by atoms with Crippen molar-refractivity contribution in [1.29, 1.82) is 0 Å². The summed E-state index contributed by atoms with van der Waals surface area (Å²) in [6.07, 6.45) is 3.01. The first-order chi connectivity index (χ1) is 10.8. The van der Waals surface area contributed by atoms with Crippen molar-refractivity contribution in [3.63, 3.8) is 0 Å². The van der Waals surface area contributed by atoms with Gasteiger partial charge in [-0.2, -0.15) is 0 Å². The van der Waals surface area contributed by atoms with E-state index in [9.17, 15) is 13.0 Å². The molecule has 1 aromatic rings. The third-order valence-electron chi connectivity index (χ3n) is 3.22. The maximum absolute atomic E-state index is 13.4. The van der Waals surface area contributed by atoms with Crippen LogP contribution in [0, 0.1) is 0 Å². The van der Waals surface area contributed by atoms with Crippen molar-refractivity contribution in [3.05, 3.63) is 41.9 Å². The van der Waals surface area contributed by atoms with Crippen LogP contribution in [-0.4, -0.2) is 30.8 Å². The summed E-state index contributed by atoms with van der Waals surface area (Å²) in [6, 6.07) is 5.71. The molecule has 9 heteroatoms. The second-order valence-electron chi connectivity index (χ2n) is 5.05. The van der Waals surface area contributed by atoms with Gasteiger partial charge in [0.2, 0.25) is 0 Å². The molecule has 1 fully saturated rings. The molecule has 1 aliphatic rings. The summed E-state index contributed by atoms with van der Waals surface area (Å²) >= 11 is 6.97. The standard InChI is InChI=1S/C14H20ClN2O3PS2/c1-3-11-16-21(18,22-4-2)17(13-7-8-13)23(19,20)14-9-5-12(15)6-10-14/h3,5-6,9-10,13H,1,4,7-8,11H2,2H3,(H,16,18). The van der Waals surface area contributed by atoms with E-state index in [2.05, 4.69) is 11.7 Å². The van der Waals surface area contributed by atoms with Crippen molar-refractivity contribution in [2.75, 3.05) is 12.3 Å². The molecule has 0 radical (unpaired) electrons. The van der Waals surface area contributed by atoms with Gasteiger partial charge in [0.15, 0.2) is 0 Å². The van der Waals surface area contributed by atoms with Gasteiger partial charge in [0, 0.05) is 17.6 Å². The molecular formula is C14H20ClN2O3PS2. The average molecular weight is 395 g/mol. The fraction of sp³-hybridized carbons (Fsp3) is 0.429. The van der Waals surface area contributed by atoms with Crippen molar-refractivity contribution in [3.8, 4) is 0 Å². The molecule has 0 aliphatic heterocycles. The minimum atomic E-state index is -3.87. The lowest BCUT2D eigenvalue weighted by molar-refractivity contribution is 0.494. The third kappa shape index (κ3) is 4.41. The van der Waals surface area contributed by atoms with E-state index in [1.54, 1.807) is 6.08 Å². The Labute approximate surface area is 146 Å². The van der Waals surface area contributed by atoms with Gasteiger partial charge in [-0.05, 0) is 42.9 Å². The fourth-order valence-corrected chi connectivity index (χ4v) is 10.3. The Morgan fingerprint density at radius 2 is 2.04 bits per heavy atom. The third-order valence-corrected chi connectivity index (χ3v) is 11.5. The van der Waals surface area contributed by atoms with Gasteiger partial charge in [-0.1, -0.05) is 36.0 Å². The maximum Gasteiger partial charge on any atom is 0.283 e. The first-order valence-corrected chi connectivity index (χ1v) is 12.3. The van der Waals surface area contributed by atoms with Crippen LogP contribution in [0.3, 0.4) is 0 Å². The van der Waals surface area contributed by atoms with Gasteiger partial charge in [0.25, 0.3) is 16.7 Å². The first-order valence-electron chi connectivity index (χ1n) is 7.26. The van der Waals surface area contributed by atoms with E-state index in [1.807, 2.05) is 6.92 Å². The highest BCUT2D eigenvalue weighted by atomic mass is 35.5. The van der Waals surface area contributed by atoms with Gasteiger partial charge in [0.05, 0.1) is 4.90 Å². The molecule has 1 unspecified atom stereocenters. The van der Waals surface area contributed by atoms with Crippen molar-refractivity contribution in [2.45, 2.75) is 30.7 Å². The van der Waals surface area contributed by atoms with Crippen molar-refractivity contribution in [1.82, 2.24) is 9.16 Å². The topological polar surface area (TPSA) is 66.5 Å². The van der Waals surface area contributed by atoms with E-state index >= 15 is 0 Å².